The highest BCUT2D eigenvalue weighted by Crippen LogP contribution is 2.36. The van der Waals surface area contributed by atoms with Crippen LogP contribution in [-0.4, -0.2) is 107 Å². The number of nitrogens with zero attached hydrogens (tertiary/aromatic N) is 7. The number of hydrogen-bond donors (Lipinski definition) is 2. The molecule has 10 nitrogen and oxygen atoms in total. The van der Waals surface area contributed by atoms with Gasteiger partial charge in [0.25, 0.3) is 5.91 Å². The fraction of sp³-hybridized carbons (Fsp3) is 0.406. The number of nitrogens with one attached hydrogen (secondary N) is 1. The van der Waals surface area contributed by atoms with Crippen LogP contribution in [0.15, 0.2) is 66.9 Å². The summed E-state index contributed by atoms with van der Waals surface area (Å²) in [6.45, 7) is 6.74. The largest absolute Gasteiger partial charge is 0.385 e. The van der Waals surface area contributed by atoms with Gasteiger partial charge >= 0.3 is 0 Å². The molecule has 2 aliphatic rings. The lowest BCUT2D eigenvalue weighted by atomic mass is 9.84. The molecule has 2 saturated heterocycles. The number of hydrogen-bond acceptors (Lipinski definition) is 8. The Kier molecular flexibility index (Phi) is 8.54. The van der Waals surface area contributed by atoms with E-state index in [1.807, 2.05) is 71.8 Å². The van der Waals surface area contributed by atoms with Crippen molar-refractivity contribution in [2.75, 3.05) is 76.7 Å². The van der Waals surface area contributed by atoms with Gasteiger partial charge in [0.2, 0.25) is 5.95 Å². The smallest absolute Gasteiger partial charge is 0.253 e. The predicted molar refractivity (Wildman–Crippen MR) is 170 cm³/mol. The first-order chi connectivity index (χ1) is 20.8. The highest BCUT2D eigenvalue weighted by molar-refractivity contribution is 6.30. The molecule has 2 aromatic heterocycles. The van der Waals surface area contributed by atoms with E-state index in [-0.39, 0.29) is 5.91 Å². The topological polar surface area (TPSA) is 92.5 Å². The van der Waals surface area contributed by atoms with E-state index in [9.17, 15) is 9.90 Å². The molecule has 0 radical (unpaired) electrons. The molecule has 1 amide bonds. The molecule has 0 bridgehead atoms. The number of likely N-dealkylation sites (N-methyl/N-ethyl adjacent to an activating group) is 1. The molecule has 226 valence electrons. The first-order valence-electron chi connectivity index (χ1n) is 14.9. The zero-order chi connectivity index (χ0) is 30.0. The van der Waals surface area contributed by atoms with Crippen LogP contribution in [0.25, 0.3) is 5.65 Å². The monoisotopic (exact) mass is 602 g/mol. The number of amides is 1. The fourth-order valence-corrected chi connectivity index (χ4v) is 6.01. The molecule has 2 aliphatic heterocycles. The van der Waals surface area contributed by atoms with Crippen molar-refractivity contribution < 1.29 is 9.90 Å². The van der Waals surface area contributed by atoms with Crippen LogP contribution in [0.3, 0.4) is 0 Å². The number of aromatic nitrogens is 3. The molecule has 0 spiro atoms. The first-order valence-corrected chi connectivity index (χ1v) is 15.3. The zero-order valence-electron chi connectivity index (χ0n) is 24.8. The summed E-state index contributed by atoms with van der Waals surface area (Å²) >= 11 is 6.05. The number of piperidine rings is 1. The minimum absolute atomic E-state index is 0.0683. The second-order valence-electron chi connectivity index (χ2n) is 11.8. The van der Waals surface area contributed by atoms with Crippen molar-refractivity contribution in [1.82, 2.24) is 29.3 Å². The van der Waals surface area contributed by atoms with Crippen LogP contribution in [0.2, 0.25) is 5.02 Å². The van der Waals surface area contributed by atoms with Crippen molar-refractivity contribution in [2.24, 2.45) is 0 Å². The number of aliphatic hydroxyl groups is 1. The Labute approximate surface area is 257 Å². The van der Waals surface area contributed by atoms with Gasteiger partial charge in [-0.1, -0.05) is 23.7 Å². The molecule has 4 aromatic rings. The molecular weight excluding hydrogens is 564 g/mol. The Bertz CT molecular complexity index is 1540. The van der Waals surface area contributed by atoms with E-state index in [0.717, 1.165) is 61.9 Å². The summed E-state index contributed by atoms with van der Waals surface area (Å²) in [6.07, 6.45) is 3.09. The van der Waals surface area contributed by atoms with Crippen molar-refractivity contribution in [3.63, 3.8) is 0 Å². The Balaban J connectivity index is 1.08. The number of anilines is 3. The molecular formula is C32H39ClN8O2. The molecule has 6 rings (SSSR count). The van der Waals surface area contributed by atoms with E-state index in [0.29, 0.717) is 42.5 Å². The van der Waals surface area contributed by atoms with E-state index in [4.69, 9.17) is 16.6 Å². The molecule has 2 fully saturated rings. The highest BCUT2D eigenvalue weighted by Gasteiger charge is 2.34. The Morgan fingerprint density at radius 2 is 1.67 bits per heavy atom. The number of halogens is 1. The number of carbonyl (C=O) groups is 1. The lowest BCUT2D eigenvalue weighted by Crippen LogP contribution is -2.49. The molecule has 2 aromatic carbocycles. The van der Waals surface area contributed by atoms with Gasteiger partial charge in [-0.3, -0.25) is 9.69 Å². The maximum atomic E-state index is 13.1. The van der Waals surface area contributed by atoms with Crippen LogP contribution in [0.4, 0.5) is 17.3 Å². The standard InChI is InChI=1S/C32H39ClN8O2/c1-37(2)18-19-38-20-22-40(23-21-38)30(42)24-5-11-27(12-6-24)34-31-35-29-28(4-3-15-41(29)36-31)39-16-13-32(43,14-17-39)25-7-9-26(33)10-8-25/h3-12,15,43H,13-14,16-23H2,1-2H3,(H,34,36). The molecule has 11 heteroatoms. The van der Waals surface area contributed by atoms with Gasteiger partial charge < -0.3 is 25.1 Å². The number of benzene rings is 2. The van der Waals surface area contributed by atoms with Crippen LogP contribution in [0.1, 0.15) is 28.8 Å². The summed E-state index contributed by atoms with van der Waals surface area (Å²) in [4.78, 5) is 26.7. The summed E-state index contributed by atoms with van der Waals surface area (Å²) in [5, 5.41) is 19.9. The van der Waals surface area contributed by atoms with Gasteiger partial charge in [0.15, 0.2) is 5.65 Å². The third-order valence-corrected chi connectivity index (χ3v) is 8.82. The summed E-state index contributed by atoms with van der Waals surface area (Å²) < 4.78 is 1.77. The van der Waals surface area contributed by atoms with Gasteiger partial charge in [-0.15, -0.1) is 5.10 Å². The van der Waals surface area contributed by atoms with E-state index in [1.165, 1.54) is 0 Å². The fourth-order valence-electron chi connectivity index (χ4n) is 5.88. The third-order valence-electron chi connectivity index (χ3n) is 8.57. The molecule has 0 atom stereocenters. The van der Waals surface area contributed by atoms with Crippen LogP contribution in [-0.2, 0) is 5.60 Å². The number of rotatable bonds is 8. The van der Waals surface area contributed by atoms with Crippen molar-refractivity contribution in [3.05, 3.63) is 83.0 Å². The van der Waals surface area contributed by atoms with Crippen LogP contribution < -0.4 is 10.2 Å². The normalized spacial score (nSPS) is 17.5. The van der Waals surface area contributed by atoms with Crippen molar-refractivity contribution in [1.29, 1.82) is 0 Å². The van der Waals surface area contributed by atoms with E-state index >= 15 is 0 Å². The van der Waals surface area contributed by atoms with E-state index < -0.39 is 5.60 Å². The molecule has 0 saturated carbocycles. The Morgan fingerprint density at radius 1 is 0.977 bits per heavy atom. The minimum atomic E-state index is -0.875. The van der Waals surface area contributed by atoms with Crippen molar-refractivity contribution in [2.45, 2.75) is 18.4 Å². The van der Waals surface area contributed by atoms with E-state index in [2.05, 4.69) is 39.2 Å². The minimum Gasteiger partial charge on any atom is -0.385 e. The van der Waals surface area contributed by atoms with Crippen molar-refractivity contribution >= 4 is 40.5 Å². The predicted octanol–water partition coefficient (Wildman–Crippen LogP) is 3.93. The average molecular weight is 603 g/mol. The Hall–Kier alpha value is -3.70. The quantitative estimate of drug-likeness (QED) is 0.313. The summed E-state index contributed by atoms with van der Waals surface area (Å²) in [7, 11) is 4.17. The van der Waals surface area contributed by atoms with Crippen LogP contribution in [0.5, 0.6) is 0 Å². The van der Waals surface area contributed by atoms with Crippen LogP contribution >= 0.6 is 11.6 Å². The molecule has 0 aliphatic carbocycles. The first kappa shape index (κ1) is 29.4. The number of pyridine rings is 1. The second kappa shape index (κ2) is 12.5. The SMILES string of the molecule is CN(C)CCN1CCN(C(=O)c2ccc(Nc3nc4c(N5CCC(O)(c6ccc(Cl)cc6)CC5)cccn4n3)cc2)CC1. The molecule has 43 heavy (non-hydrogen) atoms. The summed E-state index contributed by atoms with van der Waals surface area (Å²) in [6, 6.07) is 19.0. The maximum Gasteiger partial charge on any atom is 0.253 e. The van der Waals surface area contributed by atoms with E-state index in [1.54, 1.807) is 4.52 Å². The van der Waals surface area contributed by atoms with Gasteiger partial charge in [0.1, 0.15) is 0 Å². The van der Waals surface area contributed by atoms with Crippen molar-refractivity contribution in [3.8, 4) is 0 Å². The van der Waals surface area contributed by atoms with Gasteiger partial charge in [-0.2, -0.15) is 4.98 Å². The summed E-state index contributed by atoms with van der Waals surface area (Å²) in [5.41, 5.74) is 3.24. The lowest BCUT2D eigenvalue weighted by Gasteiger charge is -2.39. The van der Waals surface area contributed by atoms with Gasteiger partial charge in [0.05, 0.1) is 11.3 Å². The third kappa shape index (κ3) is 6.62. The van der Waals surface area contributed by atoms with Gasteiger partial charge in [0, 0.05) is 74.8 Å². The number of carbonyl (C=O) groups excluding carboxylic acids is 1. The number of fused-ring (bicyclic) bond motifs is 1. The average Bonchev–Trinajstić information content (AvgIpc) is 3.44. The molecule has 4 heterocycles. The highest BCUT2D eigenvalue weighted by atomic mass is 35.5. The zero-order valence-corrected chi connectivity index (χ0v) is 25.5. The molecule has 2 N–H and O–H groups in total. The number of piperazine rings is 1. The lowest BCUT2D eigenvalue weighted by molar-refractivity contribution is 0.0118. The van der Waals surface area contributed by atoms with Crippen LogP contribution in [0, 0.1) is 0 Å². The Morgan fingerprint density at radius 3 is 2.35 bits per heavy atom. The summed E-state index contributed by atoms with van der Waals surface area (Å²) in [5.74, 6) is 0.550. The molecule has 0 unspecified atom stereocenters. The van der Waals surface area contributed by atoms with Gasteiger partial charge in [-0.05, 0) is 81.0 Å². The maximum absolute atomic E-state index is 13.1. The van der Waals surface area contributed by atoms with Gasteiger partial charge in [-0.25, -0.2) is 4.52 Å². The second-order valence-corrected chi connectivity index (χ2v) is 12.2.